The molecule has 2 heterocycles. The molecule has 3 aliphatic carbocycles. The van der Waals surface area contributed by atoms with Crippen LogP contribution in [0.3, 0.4) is 0 Å². The van der Waals surface area contributed by atoms with Gasteiger partial charge in [0.15, 0.2) is 0 Å². The lowest BCUT2D eigenvalue weighted by atomic mass is 9.85. The zero-order valence-electron chi connectivity index (χ0n) is 30.5. The molecular formula is C38H50N4O8S2. The van der Waals surface area contributed by atoms with Crippen LogP contribution in [0, 0.1) is 18.3 Å². The number of hydrogen-bond donors (Lipinski definition) is 3. The summed E-state index contributed by atoms with van der Waals surface area (Å²) in [5.74, 6) is -2.48. The van der Waals surface area contributed by atoms with Gasteiger partial charge >= 0.3 is 6.09 Å². The van der Waals surface area contributed by atoms with Crippen molar-refractivity contribution in [2.45, 2.75) is 114 Å². The molecule has 3 N–H and O–H groups in total. The summed E-state index contributed by atoms with van der Waals surface area (Å²) in [4.78, 5) is 58.4. The lowest BCUT2D eigenvalue weighted by molar-refractivity contribution is -0.143. The quantitative estimate of drug-likeness (QED) is 0.258. The molecule has 0 radical (unpaired) electrons. The minimum absolute atomic E-state index is 0.0239. The highest BCUT2D eigenvalue weighted by Gasteiger charge is 2.62. The van der Waals surface area contributed by atoms with Crippen LogP contribution in [-0.2, 0) is 39.5 Å². The topological polar surface area (TPSA) is 160 Å². The molecule has 6 rings (SSSR count). The highest BCUT2D eigenvalue weighted by molar-refractivity contribution is 7.91. The number of likely N-dealkylation sites (tertiary alicyclic amines) is 1. The Labute approximate surface area is 310 Å². The molecular weight excluding hydrogens is 705 g/mol. The summed E-state index contributed by atoms with van der Waals surface area (Å²) in [6, 6.07) is 7.70. The Kier molecular flexibility index (Phi) is 10.4. The second-order valence-corrected chi connectivity index (χ2v) is 18.7. The lowest BCUT2D eigenvalue weighted by Crippen LogP contribution is -2.60. The van der Waals surface area contributed by atoms with E-state index in [-0.39, 0.29) is 25.5 Å². The smallest absolute Gasteiger partial charge is 0.408 e. The van der Waals surface area contributed by atoms with Gasteiger partial charge in [0.2, 0.25) is 21.8 Å². The number of alkyl carbamates (subject to hydrolysis) is 1. The number of aryl methyl sites for hydroxylation is 1. The molecule has 14 heteroatoms. The van der Waals surface area contributed by atoms with Crippen molar-refractivity contribution in [2.75, 3.05) is 13.7 Å². The Morgan fingerprint density at radius 3 is 2.25 bits per heavy atom. The number of ether oxygens (including phenoxy) is 2. The SMILES string of the molecule is C=C[C@@H]1C[C@]1(NC(=O)[C@@H]1C[C@@](OC)(c2ccc(-c3sccc3C)cc2)CN1C(=O)[C@@H](NC(=O)OC1CCCC1)C(C)(C)C)C(=O)NS(=O)(=O)C1CC1. The first-order chi connectivity index (χ1) is 24.5. The minimum Gasteiger partial charge on any atom is -0.446 e. The van der Waals surface area contributed by atoms with Gasteiger partial charge in [-0.3, -0.25) is 19.1 Å². The summed E-state index contributed by atoms with van der Waals surface area (Å²) in [5.41, 5.74) is -0.519. The van der Waals surface area contributed by atoms with E-state index in [4.69, 9.17) is 9.47 Å². The van der Waals surface area contributed by atoms with Gasteiger partial charge in [-0.2, -0.15) is 0 Å². The van der Waals surface area contributed by atoms with Crippen LogP contribution in [0.4, 0.5) is 4.79 Å². The predicted octanol–water partition coefficient (Wildman–Crippen LogP) is 4.92. The van der Waals surface area contributed by atoms with Crippen LogP contribution in [0.2, 0.25) is 0 Å². The molecule has 282 valence electrons. The fourth-order valence-electron chi connectivity index (χ4n) is 7.55. The van der Waals surface area contributed by atoms with Crippen molar-refractivity contribution in [3.63, 3.8) is 0 Å². The number of rotatable bonds is 12. The summed E-state index contributed by atoms with van der Waals surface area (Å²) < 4.78 is 39.5. The number of carbonyl (C=O) groups excluding carboxylic acids is 4. The third kappa shape index (κ3) is 7.52. The molecule has 1 aromatic heterocycles. The molecule has 1 aromatic carbocycles. The minimum atomic E-state index is -3.89. The number of carbonyl (C=O) groups is 4. The van der Waals surface area contributed by atoms with Crippen LogP contribution >= 0.6 is 11.3 Å². The third-order valence-corrected chi connectivity index (χ3v) is 13.9. The highest BCUT2D eigenvalue weighted by Crippen LogP contribution is 2.47. The monoisotopic (exact) mass is 754 g/mol. The van der Waals surface area contributed by atoms with E-state index in [2.05, 4.69) is 34.9 Å². The van der Waals surface area contributed by atoms with E-state index in [1.54, 1.807) is 11.3 Å². The Morgan fingerprint density at radius 2 is 1.71 bits per heavy atom. The van der Waals surface area contributed by atoms with Crippen molar-refractivity contribution in [1.82, 2.24) is 20.3 Å². The van der Waals surface area contributed by atoms with Gasteiger partial charge < -0.3 is 25.0 Å². The van der Waals surface area contributed by atoms with Gasteiger partial charge in [0.25, 0.3) is 5.91 Å². The summed E-state index contributed by atoms with van der Waals surface area (Å²) in [6.45, 7) is 11.3. The van der Waals surface area contributed by atoms with Crippen LogP contribution < -0.4 is 15.4 Å². The fourth-order valence-corrected chi connectivity index (χ4v) is 9.85. The molecule has 52 heavy (non-hydrogen) atoms. The van der Waals surface area contributed by atoms with Gasteiger partial charge in [-0.1, -0.05) is 51.1 Å². The Balaban J connectivity index is 1.32. The van der Waals surface area contributed by atoms with E-state index < -0.39 is 73.6 Å². The molecule has 5 atom stereocenters. The maximum Gasteiger partial charge on any atom is 0.408 e. The first-order valence-electron chi connectivity index (χ1n) is 18.0. The first-order valence-corrected chi connectivity index (χ1v) is 20.4. The van der Waals surface area contributed by atoms with Crippen molar-refractivity contribution >= 4 is 45.2 Å². The first kappa shape index (κ1) is 38.0. The van der Waals surface area contributed by atoms with Crippen molar-refractivity contribution in [3.8, 4) is 10.4 Å². The van der Waals surface area contributed by atoms with Crippen LogP contribution in [0.5, 0.6) is 0 Å². The Bertz CT molecular complexity index is 1830. The van der Waals surface area contributed by atoms with Gasteiger partial charge in [0.05, 0.1) is 11.8 Å². The molecule has 1 saturated heterocycles. The summed E-state index contributed by atoms with van der Waals surface area (Å²) >= 11 is 1.64. The Hall–Kier alpha value is -3.75. The third-order valence-electron chi connectivity index (χ3n) is 11.0. The number of benzene rings is 1. The van der Waals surface area contributed by atoms with E-state index in [0.29, 0.717) is 12.8 Å². The summed E-state index contributed by atoms with van der Waals surface area (Å²) in [6.07, 6.45) is 5.21. The number of methoxy groups -OCH3 is 1. The zero-order valence-corrected chi connectivity index (χ0v) is 32.2. The van der Waals surface area contributed by atoms with Gasteiger partial charge in [0.1, 0.15) is 29.3 Å². The lowest BCUT2D eigenvalue weighted by Gasteiger charge is -2.36. The normalized spacial score (nSPS) is 26.8. The molecule has 4 amide bonds. The number of thiophene rings is 1. The largest absolute Gasteiger partial charge is 0.446 e. The Morgan fingerprint density at radius 1 is 1.04 bits per heavy atom. The molecule has 3 saturated carbocycles. The fraction of sp³-hybridized carbons (Fsp3) is 0.579. The van der Waals surface area contributed by atoms with Crippen molar-refractivity contribution < 1.29 is 37.1 Å². The van der Waals surface area contributed by atoms with Crippen LogP contribution in [0.15, 0.2) is 48.4 Å². The number of nitrogens with zero attached hydrogens (tertiary/aromatic N) is 1. The average Bonchev–Trinajstić information content (AvgIpc) is 3.91. The standard InChI is InChI=1S/C38H50N4O8S2/c1-7-25-20-38(25,34(45)41-52(47,48)28-16-17-28)40-32(43)29-21-37(49-6,26-14-12-24(13-15-26)30-23(2)18-19-51-30)22-42(29)33(44)31(36(3,4)5)39-35(46)50-27-10-8-9-11-27/h7,12-15,18-19,25,27-29,31H,1,8-11,16-17,20-22H2,2-6H3,(H,39,46)(H,40,43)(H,41,45)/t25-,29+,31-,37+,38-/m1/s1. The molecule has 1 aliphatic heterocycles. The average molecular weight is 755 g/mol. The van der Waals surface area contributed by atoms with Crippen LogP contribution in [0.25, 0.3) is 10.4 Å². The van der Waals surface area contributed by atoms with Crippen LogP contribution in [-0.4, -0.2) is 79.8 Å². The second kappa shape index (κ2) is 14.2. The molecule has 12 nitrogen and oxygen atoms in total. The maximum atomic E-state index is 14.7. The van der Waals surface area contributed by atoms with Gasteiger partial charge in [-0.25, -0.2) is 13.2 Å². The van der Waals surface area contributed by atoms with E-state index in [1.807, 2.05) is 50.4 Å². The summed E-state index contributed by atoms with van der Waals surface area (Å²) in [7, 11) is -2.36. The van der Waals surface area contributed by atoms with E-state index in [1.165, 1.54) is 18.1 Å². The number of sulfonamides is 1. The molecule has 2 aromatic rings. The number of nitrogens with one attached hydrogen (secondary N) is 3. The van der Waals surface area contributed by atoms with Gasteiger partial charge in [0, 0.05) is 24.3 Å². The van der Waals surface area contributed by atoms with E-state index >= 15 is 0 Å². The van der Waals surface area contributed by atoms with Gasteiger partial charge in [-0.15, -0.1) is 17.9 Å². The molecule has 0 bridgehead atoms. The number of hydrogen-bond acceptors (Lipinski definition) is 9. The van der Waals surface area contributed by atoms with E-state index in [9.17, 15) is 27.6 Å². The molecule has 4 aliphatic rings. The molecule has 0 spiro atoms. The van der Waals surface area contributed by atoms with Crippen molar-refractivity contribution in [1.29, 1.82) is 0 Å². The molecule has 0 unspecified atom stereocenters. The maximum absolute atomic E-state index is 14.7. The van der Waals surface area contributed by atoms with Crippen molar-refractivity contribution in [2.24, 2.45) is 11.3 Å². The number of amides is 4. The van der Waals surface area contributed by atoms with Gasteiger partial charge in [-0.05, 0) is 85.4 Å². The van der Waals surface area contributed by atoms with E-state index in [0.717, 1.165) is 47.3 Å². The van der Waals surface area contributed by atoms with Crippen molar-refractivity contribution in [3.05, 3.63) is 59.5 Å². The zero-order chi connectivity index (χ0) is 37.6. The molecule has 4 fully saturated rings. The second-order valence-electron chi connectivity index (χ2n) is 15.8. The predicted molar refractivity (Wildman–Crippen MR) is 198 cm³/mol. The van der Waals surface area contributed by atoms with Crippen LogP contribution in [0.1, 0.15) is 83.3 Å². The summed E-state index contributed by atoms with van der Waals surface area (Å²) in [5, 5.41) is 7.05. The highest BCUT2D eigenvalue weighted by atomic mass is 32.2.